The van der Waals surface area contributed by atoms with Crippen LogP contribution in [0.15, 0.2) is 24.3 Å². The van der Waals surface area contributed by atoms with Crippen LogP contribution in [0.4, 0.5) is 5.69 Å². The fourth-order valence-electron chi connectivity index (χ4n) is 3.21. The Morgan fingerprint density at radius 3 is 2.28 bits per heavy atom. The van der Waals surface area contributed by atoms with Gasteiger partial charge in [-0.25, -0.2) is 0 Å². The van der Waals surface area contributed by atoms with Crippen LogP contribution in [0.2, 0.25) is 0 Å². The molecule has 2 nitrogen and oxygen atoms in total. The van der Waals surface area contributed by atoms with Gasteiger partial charge in [0, 0.05) is 18.3 Å². The third-order valence-electron chi connectivity index (χ3n) is 4.28. The summed E-state index contributed by atoms with van der Waals surface area (Å²) in [6.45, 7) is 3.69. The summed E-state index contributed by atoms with van der Waals surface area (Å²) in [5, 5.41) is 3.65. The molecule has 98 valence electrons. The molecule has 1 aromatic carbocycles. The van der Waals surface area contributed by atoms with E-state index in [-0.39, 0.29) is 0 Å². The Kier molecular flexibility index (Phi) is 3.84. The van der Waals surface area contributed by atoms with Gasteiger partial charge in [-0.15, -0.1) is 0 Å². The molecule has 0 bridgehead atoms. The van der Waals surface area contributed by atoms with Crippen LogP contribution < -0.4 is 5.32 Å². The summed E-state index contributed by atoms with van der Waals surface area (Å²) in [6.07, 6.45) is 8.23. The van der Waals surface area contributed by atoms with Gasteiger partial charge in [-0.05, 0) is 56.5 Å². The minimum Gasteiger partial charge on any atom is -0.382 e. The zero-order valence-corrected chi connectivity index (χ0v) is 11.2. The fourth-order valence-corrected chi connectivity index (χ4v) is 3.21. The van der Waals surface area contributed by atoms with Gasteiger partial charge in [0.15, 0.2) is 0 Å². The number of nitrogens with zero attached hydrogens (tertiary/aromatic N) is 1. The van der Waals surface area contributed by atoms with E-state index in [1.165, 1.54) is 62.9 Å². The van der Waals surface area contributed by atoms with Crippen molar-refractivity contribution in [1.82, 2.24) is 4.90 Å². The van der Waals surface area contributed by atoms with Gasteiger partial charge < -0.3 is 5.32 Å². The van der Waals surface area contributed by atoms with Crippen LogP contribution in [0.25, 0.3) is 0 Å². The zero-order chi connectivity index (χ0) is 12.2. The van der Waals surface area contributed by atoms with E-state index in [2.05, 4.69) is 34.5 Å². The largest absolute Gasteiger partial charge is 0.382 e. The molecule has 0 aromatic heterocycles. The van der Waals surface area contributed by atoms with E-state index in [1.807, 2.05) is 0 Å². The van der Waals surface area contributed by atoms with Crippen molar-refractivity contribution < 1.29 is 0 Å². The molecule has 1 aliphatic heterocycles. The number of rotatable bonds is 4. The standard InChI is InChI=1S/C16H24N2/c1-2-6-15(5-1)17-16-9-7-14(8-10-16)13-18-11-3-4-12-18/h7-10,15,17H,1-6,11-13H2. The van der Waals surface area contributed by atoms with Gasteiger partial charge in [0.2, 0.25) is 0 Å². The third kappa shape index (κ3) is 3.05. The van der Waals surface area contributed by atoms with E-state index in [9.17, 15) is 0 Å². The maximum atomic E-state index is 3.65. The highest BCUT2D eigenvalue weighted by molar-refractivity contribution is 5.45. The van der Waals surface area contributed by atoms with Crippen LogP contribution in [0, 0.1) is 0 Å². The first-order valence-electron chi connectivity index (χ1n) is 7.48. The Bertz CT molecular complexity index is 322. The maximum absolute atomic E-state index is 3.65. The van der Waals surface area contributed by atoms with E-state index in [0.717, 1.165) is 12.6 Å². The van der Waals surface area contributed by atoms with Gasteiger partial charge in [0.25, 0.3) is 0 Å². The van der Waals surface area contributed by atoms with Crippen molar-refractivity contribution in [3.05, 3.63) is 29.8 Å². The van der Waals surface area contributed by atoms with Crippen molar-refractivity contribution in [2.45, 2.75) is 51.1 Å². The number of hydrogen-bond acceptors (Lipinski definition) is 2. The molecule has 1 heterocycles. The minimum absolute atomic E-state index is 0.717. The molecule has 18 heavy (non-hydrogen) atoms. The Morgan fingerprint density at radius 2 is 1.61 bits per heavy atom. The monoisotopic (exact) mass is 244 g/mol. The van der Waals surface area contributed by atoms with Crippen molar-refractivity contribution >= 4 is 5.69 Å². The van der Waals surface area contributed by atoms with E-state index >= 15 is 0 Å². The molecule has 1 aromatic rings. The van der Waals surface area contributed by atoms with Crippen LogP contribution in [0.5, 0.6) is 0 Å². The number of hydrogen-bond donors (Lipinski definition) is 1. The van der Waals surface area contributed by atoms with E-state index in [1.54, 1.807) is 0 Å². The molecule has 1 N–H and O–H groups in total. The van der Waals surface area contributed by atoms with Gasteiger partial charge >= 0.3 is 0 Å². The lowest BCUT2D eigenvalue weighted by Gasteiger charge is -2.16. The topological polar surface area (TPSA) is 15.3 Å². The number of anilines is 1. The molecule has 2 heteroatoms. The van der Waals surface area contributed by atoms with Gasteiger partial charge in [-0.1, -0.05) is 25.0 Å². The maximum Gasteiger partial charge on any atom is 0.0342 e. The van der Waals surface area contributed by atoms with Gasteiger partial charge in [0.05, 0.1) is 0 Å². The molecule has 1 saturated carbocycles. The molecule has 1 saturated heterocycles. The number of nitrogens with one attached hydrogen (secondary N) is 1. The molecule has 0 spiro atoms. The van der Waals surface area contributed by atoms with Crippen molar-refractivity contribution in [3.8, 4) is 0 Å². The number of likely N-dealkylation sites (tertiary alicyclic amines) is 1. The number of benzene rings is 1. The lowest BCUT2D eigenvalue weighted by molar-refractivity contribution is 0.331. The second-order valence-electron chi connectivity index (χ2n) is 5.81. The lowest BCUT2D eigenvalue weighted by atomic mass is 10.1. The van der Waals surface area contributed by atoms with Crippen molar-refractivity contribution in [1.29, 1.82) is 0 Å². The molecule has 2 fully saturated rings. The second kappa shape index (κ2) is 5.75. The van der Waals surface area contributed by atoms with Crippen LogP contribution in [0.3, 0.4) is 0 Å². The average Bonchev–Trinajstić information content (AvgIpc) is 3.05. The third-order valence-corrected chi connectivity index (χ3v) is 4.28. The molecule has 0 radical (unpaired) electrons. The smallest absolute Gasteiger partial charge is 0.0342 e. The van der Waals surface area contributed by atoms with Crippen molar-refractivity contribution in [2.75, 3.05) is 18.4 Å². The lowest BCUT2D eigenvalue weighted by Crippen LogP contribution is -2.18. The van der Waals surface area contributed by atoms with Crippen LogP contribution >= 0.6 is 0 Å². The summed E-state index contributed by atoms with van der Waals surface area (Å²) in [6, 6.07) is 9.80. The predicted molar refractivity (Wildman–Crippen MR) is 76.8 cm³/mol. The Labute approximate surface area is 110 Å². The second-order valence-corrected chi connectivity index (χ2v) is 5.81. The molecule has 0 amide bonds. The van der Waals surface area contributed by atoms with Crippen LogP contribution in [0.1, 0.15) is 44.1 Å². The Balaban J connectivity index is 1.54. The van der Waals surface area contributed by atoms with Crippen molar-refractivity contribution in [3.63, 3.8) is 0 Å². The summed E-state index contributed by atoms with van der Waals surface area (Å²) in [7, 11) is 0. The first-order valence-corrected chi connectivity index (χ1v) is 7.48. The van der Waals surface area contributed by atoms with Crippen LogP contribution in [-0.2, 0) is 6.54 Å². The molecule has 2 aliphatic rings. The summed E-state index contributed by atoms with van der Waals surface area (Å²) < 4.78 is 0. The van der Waals surface area contributed by atoms with E-state index in [0.29, 0.717) is 0 Å². The minimum atomic E-state index is 0.717. The Hall–Kier alpha value is -1.02. The summed E-state index contributed by atoms with van der Waals surface area (Å²) >= 11 is 0. The van der Waals surface area contributed by atoms with Crippen molar-refractivity contribution in [2.24, 2.45) is 0 Å². The molecule has 3 rings (SSSR count). The summed E-state index contributed by atoms with van der Waals surface area (Å²) in [4.78, 5) is 2.55. The van der Waals surface area contributed by atoms with Crippen LogP contribution in [-0.4, -0.2) is 24.0 Å². The molecule has 1 aliphatic carbocycles. The molecule has 0 unspecified atom stereocenters. The van der Waals surface area contributed by atoms with Gasteiger partial charge in [-0.3, -0.25) is 4.90 Å². The van der Waals surface area contributed by atoms with Gasteiger partial charge in [-0.2, -0.15) is 0 Å². The SMILES string of the molecule is c1cc(NC2CCCC2)ccc1CN1CCCC1. The molecular weight excluding hydrogens is 220 g/mol. The molecular formula is C16H24N2. The predicted octanol–water partition coefficient (Wildman–Crippen LogP) is 3.64. The highest BCUT2D eigenvalue weighted by atomic mass is 15.1. The average molecular weight is 244 g/mol. The zero-order valence-electron chi connectivity index (χ0n) is 11.2. The fraction of sp³-hybridized carbons (Fsp3) is 0.625. The van der Waals surface area contributed by atoms with E-state index in [4.69, 9.17) is 0 Å². The highest BCUT2D eigenvalue weighted by Gasteiger charge is 2.14. The summed E-state index contributed by atoms with van der Waals surface area (Å²) in [5.41, 5.74) is 2.75. The first-order chi connectivity index (χ1) is 8.90. The summed E-state index contributed by atoms with van der Waals surface area (Å²) in [5.74, 6) is 0. The molecule has 0 atom stereocenters. The first kappa shape index (κ1) is 12.0. The highest BCUT2D eigenvalue weighted by Crippen LogP contribution is 2.22. The van der Waals surface area contributed by atoms with E-state index < -0.39 is 0 Å². The Morgan fingerprint density at radius 1 is 0.944 bits per heavy atom. The quantitative estimate of drug-likeness (QED) is 0.870. The normalized spacial score (nSPS) is 21.6. The van der Waals surface area contributed by atoms with Gasteiger partial charge in [0.1, 0.15) is 0 Å².